The van der Waals surface area contributed by atoms with Crippen LogP contribution in [-0.2, 0) is 4.79 Å². The van der Waals surface area contributed by atoms with Crippen molar-refractivity contribution in [2.24, 2.45) is 0 Å². The molecule has 0 radical (unpaired) electrons. The molecule has 5 heteroatoms. The van der Waals surface area contributed by atoms with E-state index >= 15 is 0 Å². The summed E-state index contributed by atoms with van der Waals surface area (Å²) < 4.78 is 18.9. The highest BCUT2D eigenvalue weighted by atomic mass is 19.1. The van der Waals surface area contributed by atoms with Crippen LogP contribution < -0.4 is 10.1 Å². The molecule has 4 nitrogen and oxygen atoms in total. The molecular formula is C16H14FNO3. The predicted molar refractivity (Wildman–Crippen MR) is 77.1 cm³/mol. The smallest absolute Gasteiger partial charge is 0.221 e. The van der Waals surface area contributed by atoms with Gasteiger partial charge in [0.2, 0.25) is 5.91 Å². The molecule has 0 heterocycles. The van der Waals surface area contributed by atoms with Crippen molar-refractivity contribution in [3.05, 3.63) is 59.4 Å². The van der Waals surface area contributed by atoms with Gasteiger partial charge in [0.25, 0.3) is 0 Å². The van der Waals surface area contributed by atoms with Gasteiger partial charge in [0.15, 0.2) is 5.78 Å². The van der Waals surface area contributed by atoms with E-state index in [1.54, 1.807) is 12.1 Å². The number of hydrogen-bond donors (Lipinski definition) is 1. The number of anilines is 1. The van der Waals surface area contributed by atoms with Gasteiger partial charge in [0.05, 0.1) is 7.11 Å². The fourth-order valence-corrected chi connectivity index (χ4v) is 1.95. The van der Waals surface area contributed by atoms with E-state index in [0.29, 0.717) is 11.3 Å². The topological polar surface area (TPSA) is 55.4 Å². The fraction of sp³-hybridized carbons (Fsp3) is 0.125. The van der Waals surface area contributed by atoms with Gasteiger partial charge in [-0.3, -0.25) is 9.59 Å². The van der Waals surface area contributed by atoms with E-state index in [0.717, 1.165) is 0 Å². The Bertz CT molecular complexity index is 680. The first-order valence-corrected chi connectivity index (χ1v) is 6.27. The van der Waals surface area contributed by atoms with Gasteiger partial charge in [-0.25, -0.2) is 4.39 Å². The minimum atomic E-state index is -0.634. The summed E-state index contributed by atoms with van der Waals surface area (Å²) in [6.07, 6.45) is 0. The maximum atomic E-state index is 13.9. The van der Waals surface area contributed by atoms with Crippen molar-refractivity contribution in [3.8, 4) is 5.75 Å². The molecule has 1 N–H and O–H groups in total. The Morgan fingerprint density at radius 1 is 1.10 bits per heavy atom. The van der Waals surface area contributed by atoms with Crippen LogP contribution in [0, 0.1) is 5.82 Å². The lowest BCUT2D eigenvalue weighted by molar-refractivity contribution is -0.114. The Labute approximate surface area is 121 Å². The van der Waals surface area contributed by atoms with Crippen LogP contribution in [0.5, 0.6) is 5.75 Å². The molecular weight excluding hydrogens is 273 g/mol. The summed E-state index contributed by atoms with van der Waals surface area (Å²) in [7, 11) is 1.38. The van der Waals surface area contributed by atoms with E-state index < -0.39 is 11.6 Å². The largest absolute Gasteiger partial charge is 0.496 e. The molecule has 2 aromatic rings. The summed E-state index contributed by atoms with van der Waals surface area (Å²) in [5.74, 6) is -1.12. The number of carbonyl (C=O) groups excluding carboxylic acids is 2. The zero-order chi connectivity index (χ0) is 15.4. The molecule has 2 rings (SSSR count). The maximum absolute atomic E-state index is 13.9. The van der Waals surface area contributed by atoms with Gasteiger partial charge >= 0.3 is 0 Å². The zero-order valence-corrected chi connectivity index (χ0v) is 11.6. The second kappa shape index (κ2) is 6.17. The number of carbonyl (C=O) groups is 2. The molecule has 0 aliphatic heterocycles. The lowest BCUT2D eigenvalue weighted by Gasteiger charge is -2.09. The fourth-order valence-electron chi connectivity index (χ4n) is 1.95. The van der Waals surface area contributed by atoms with Gasteiger partial charge in [-0.1, -0.05) is 6.07 Å². The third kappa shape index (κ3) is 3.25. The maximum Gasteiger partial charge on any atom is 0.221 e. The van der Waals surface area contributed by atoms with Gasteiger partial charge in [-0.15, -0.1) is 0 Å². The van der Waals surface area contributed by atoms with Crippen molar-refractivity contribution < 1.29 is 18.7 Å². The minimum absolute atomic E-state index is 0.104. The highest BCUT2D eigenvalue weighted by Crippen LogP contribution is 2.24. The monoisotopic (exact) mass is 287 g/mol. The third-order valence-electron chi connectivity index (χ3n) is 2.89. The second-order valence-corrected chi connectivity index (χ2v) is 4.40. The molecule has 0 saturated heterocycles. The van der Waals surface area contributed by atoms with Crippen molar-refractivity contribution in [3.63, 3.8) is 0 Å². The quantitative estimate of drug-likeness (QED) is 0.879. The van der Waals surface area contributed by atoms with E-state index in [9.17, 15) is 14.0 Å². The molecule has 0 aromatic heterocycles. The first-order chi connectivity index (χ1) is 10.0. The molecule has 2 aromatic carbocycles. The highest BCUT2D eigenvalue weighted by Gasteiger charge is 2.19. The van der Waals surface area contributed by atoms with Gasteiger partial charge in [-0.05, 0) is 36.4 Å². The summed E-state index contributed by atoms with van der Waals surface area (Å²) in [5, 5.41) is 2.60. The Morgan fingerprint density at radius 2 is 1.76 bits per heavy atom. The molecule has 21 heavy (non-hydrogen) atoms. The first-order valence-electron chi connectivity index (χ1n) is 6.27. The van der Waals surface area contributed by atoms with Crippen LogP contribution in [0.3, 0.4) is 0 Å². The number of methoxy groups -OCH3 is 1. The SMILES string of the molecule is COc1cccc(F)c1C(=O)c1ccc(NC(C)=O)cc1. The number of rotatable bonds is 4. The first kappa shape index (κ1) is 14.7. The predicted octanol–water partition coefficient (Wildman–Crippen LogP) is 3.02. The summed E-state index contributed by atoms with van der Waals surface area (Å²) >= 11 is 0. The molecule has 0 fully saturated rings. The van der Waals surface area contributed by atoms with Crippen LogP contribution in [0.2, 0.25) is 0 Å². The van der Waals surface area contributed by atoms with Crippen molar-refractivity contribution in [2.45, 2.75) is 6.92 Å². The number of halogens is 1. The Kier molecular flexibility index (Phi) is 4.33. The van der Waals surface area contributed by atoms with Crippen LogP contribution in [0.25, 0.3) is 0 Å². The summed E-state index contributed by atoms with van der Waals surface area (Å²) in [5.41, 5.74) is 0.777. The number of nitrogens with one attached hydrogen (secondary N) is 1. The van der Waals surface area contributed by atoms with Crippen LogP contribution in [-0.4, -0.2) is 18.8 Å². The Hall–Kier alpha value is -2.69. The van der Waals surface area contributed by atoms with Crippen LogP contribution in [0.15, 0.2) is 42.5 Å². The molecule has 0 bridgehead atoms. The highest BCUT2D eigenvalue weighted by molar-refractivity contribution is 6.11. The van der Waals surface area contributed by atoms with Crippen LogP contribution in [0.4, 0.5) is 10.1 Å². The van der Waals surface area contributed by atoms with Crippen LogP contribution in [0.1, 0.15) is 22.8 Å². The van der Waals surface area contributed by atoms with Crippen molar-refractivity contribution >= 4 is 17.4 Å². The van der Waals surface area contributed by atoms with Crippen molar-refractivity contribution in [2.75, 3.05) is 12.4 Å². The van der Waals surface area contributed by atoms with E-state index in [4.69, 9.17) is 4.74 Å². The molecule has 0 atom stereocenters. The minimum Gasteiger partial charge on any atom is -0.496 e. The van der Waals surface area contributed by atoms with Gasteiger partial charge < -0.3 is 10.1 Å². The lowest BCUT2D eigenvalue weighted by Crippen LogP contribution is -2.08. The molecule has 0 saturated carbocycles. The average Bonchev–Trinajstić information content (AvgIpc) is 2.46. The standard InChI is InChI=1S/C16H14FNO3/c1-10(19)18-12-8-6-11(7-9-12)16(20)15-13(17)4-3-5-14(15)21-2/h3-9H,1-2H3,(H,18,19). The zero-order valence-electron chi connectivity index (χ0n) is 11.6. The second-order valence-electron chi connectivity index (χ2n) is 4.40. The van der Waals surface area contributed by atoms with E-state index in [1.807, 2.05) is 0 Å². The van der Waals surface area contributed by atoms with E-state index in [1.165, 1.54) is 44.4 Å². The summed E-state index contributed by atoms with van der Waals surface area (Å²) in [6, 6.07) is 10.4. The molecule has 0 unspecified atom stereocenters. The number of amides is 1. The van der Waals surface area contributed by atoms with Gasteiger partial charge in [0.1, 0.15) is 17.1 Å². The van der Waals surface area contributed by atoms with Gasteiger partial charge in [0, 0.05) is 18.2 Å². The van der Waals surface area contributed by atoms with E-state index in [2.05, 4.69) is 5.32 Å². The van der Waals surface area contributed by atoms with Crippen molar-refractivity contribution in [1.29, 1.82) is 0 Å². The number of hydrogen-bond acceptors (Lipinski definition) is 3. The number of benzene rings is 2. The summed E-state index contributed by atoms with van der Waals surface area (Å²) in [4.78, 5) is 23.3. The lowest BCUT2D eigenvalue weighted by atomic mass is 10.0. The molecule has 1 amide bonds. The van der Waals surface area contributed by atoms with E-state index in [-0.39, 0.29) is 17.2 Å². The number of ketones is 1. The molecule has 0 spiro atoms. The number of ether oxygens (including phenoxy) is 1. The van der Waals surface area contributed by atoms with Gasteiger partial charge in [-0.2, -0.15) is 0 Å². The average molecular weight is 287 g/mol. The van der Waals surface area contributed by atoms with Crippen molar-refractivity contribution in [1.82, 2.24) is 0 Å². The van der Waals surface area contributed by atoms with Crippen LogP contribution >= 0.6 is 0 Å². The molecule has 0 aliphatic carbocycles. The third-order valence-corrected chi connectivity index (χ3v) is 2.89. The molecule has 0 aliphatic rings. The normalized spacial score (nSPS) is 10.0. The molecule has 108 valence electrons. The Morgan fingerprint density at radius 3 is 2.33 bits per heavy atom. The Balaban J connectivity index is 2.34. The summed E-state index contributed by atoms with van der Waals surface area (Å²) in [6.45, 7) is 1.39.